The van der Waals surface area contributed by atoms with Gasteiger partial charge in [0.15, 0.2) is 0 Å². The van der Waals surface area contributed by atoms with Crippen molar-refractivity contribution < 1.29 is 0 Å². The number of rotatable bonds is 7. The Morgan fingerprint density at radius 3 is 2.06 bits per heavy atom. The van der Waals surface area contributed by atoms with E-state index >= 15 is 0 Å². The molecule has 0 unspecified atom stereocenters. The number of fused-ring (bicyclic) bond motifs is 1. The number of hydrogen-bond donors (Lipinski definition) is 0. The Hall–Kier alpha value is -4.43. The molecular formula is C48H58N2. The first-order valence-electron chi connectivity index (χ1n) is 18.4. The zero-order valence-electron chi connectivity index (χ0n) is 32.8. The van der Waals surface area contributed by atoms with Gasteiger partial charge in [0.1, 0.15) is 0 Å². The number of hydrogen-bond acceptors (Lipinski definition) is 1. The fourth-order valence-electron chi connectivity index (χ4n) is 7.15. The van der Waals surface area contributed by atoms with Crippen molar-refractivity contribution in [2.45, 2.75) is 106 Å². The maximum atomic E-state index is 5.41. The summed E-state index contributed by atoms with van der Waals surface area (Å²) < 4.78 is 2.22. The Morgan fingerprint density at radius 1 is 0.860 bits per heavy atom. The third kappa shape index (κ3) is 7.51. The molecule has 0 bridgehead atoms. The van der Waals surface area contributed by atoms with Crippen LogP contribution < -0.4 is 0 Å². The van der Waals surface area contributed by atoms with Crippen LogP contribution in [-0.4, -0.2) is 9.55 Å². The molecule has 0 fully saturated rings. The van der Waals surface area contributed by atoms with E-state index in [2.05, 4.69) is 179 Å². The molecule has 50 heavy (non-hydrogen) atoms. The summed E-state index contributed by atoms with van der Waals surface area (Å²) in [6, 6.07) is 18.4. The molecule has 2 aromatic carbocycles. The van der Waals surface area contributed by atoms with Crippen molar-refractivity contribution in [3.8, 4) is 22.5 Å². The van der Waals surface area contributed by atoms with E-state index in [9.17, 15) is 0 Å². The highest BCUT2D eigenvalue weighted by Gasteiger charge is 2.24. The Labute approximate surface area is 303 Å². The highest BCUT2D eigenvalue weighted by Crippen LogP contribution is 2.40. The fraction of sp³-hybridized carbons (Fsp3) is 0.354. The minimum absolute atomic E-state index is 0.00585. The van der Waals surface area contributed by atoms with E-state index in [1.54, 1.807) is 0 Å². The van der Waals surface area contributed by atoms with Crippen LogP contribution in [0.4, 0.5) is 0 Å². The van der Waals surface area contributed by atoms with Gasteiger partial charge in [-0.15, -0.1) is 0 Å². The van der Waals surface area contributed by atoms with Crippen LogP contribution in [0.5, 0.6) is 0 Å². The zero-order valence-corrected chi connectivity index (χ0v) is 32.8. The van der Waals surface area contributed by atoms with Crippen molar-refractivity contribution in [3.05, 3.63) is 142 Å². The standard InChI is InChI=1S/C48H58N2/c1-14-16-18-31(3)40-27-37(47(7,8)9)28-41(34(40)6)32(4)20-21-35-22-23-36-24-25-44(49-46(36)33(35)5)42-29-38(48(10,11)12)30-43(39(42)15-2)45-19-17-26-50(45)13/h14,16-21,24-30H,5,15,22-23H2,1-4,6-13H3/b16-14-,31-18+,32-20+,35-21-. The molecule has 2 heterocycles. The van der Waals surface area contributed by atoms with Crippen LogP contribution in [0, 0.1) is 6.92 Å². The molecule has 2 heteroatoms. The molecule has 0 spiro atoms. The zero-order chi connectivity index (χ0) is 36.5. The van der Waals surface area contributed by atoms with E-state index in [4.69, 9.17) is 4.98 Å². The fourth-order valence-corrected chi connectivity index (χ4v) is 7.15. The predicted octanol–water partition coefficient (Wildman–Crippen LogP) is 13.2. The lowest BCUT2D eigenvalue weighted by molar-refractivity contribution is 0.589. The minimum atomic E-state index is 0.00585. The molecule has 2 nitrogen and oxygen atoms in total. The van der Waals surface area contributed by atoms with E-state index in [1.165, 1.54) is 72.5 Å². The lowest BCUT2D eigenvalue weighted by Gasteiger charge is -2.25. The number of nitrogens with zero attached hydrogens (tertiary/aromatic N) is 2. The third-order valence-corrected chi connectivity index (χ3v) is 10.5. The molecule has 0 radical (unpaired) electrons. The second kappa shape index (κ2) is 14.4. The van der Waals surface area contributed by atoms with Gasteiger partial charge in [0, 0.05) is 30.1 Å². The highest BCUT2D eigenvalue weighted by atomic mass is 14.9. The summed E-state index contributed by atoms with van der Waals surface area (Å²) >= 11 is 0. The topological polar surface area (TPSA) is 17.8 Å². The molecule has 2 aromatic heterocycles. The van der Waals surface area contributed by atoms with Gasteiger partial charge in [0.25, 0.3) is 0 Å². The molecule has 0 N–H and O–H groups in total. The smallest absolute Gasteiger partial charge is 0.0738 e. The molecule has 0 amide bonds. The molecule has 0 aliphatic heterocycles. The van der Waals surface area contributed by atoms with Crippen LogP contribution in [0.3, 0.4) is 0 Å². The molecule has 4 aromatic rings. The molecular weight excluding hydrogens is 605 g/mol. The van der Waals surface area contributed by atoms with Crippen molar-refractivity contribution in [2.24, 2.45) is 7.05 Å². The summed E-state index contributed by atoms with van der Waals surface area (Å²) in [5.74, 6) is 0. The quantitative estimate of drug-likeness (QED) is 0.180. The van der Waals surface area contributed by atoms with Gasteiger partial charge in [0.2, 0.25) is 0 Å². The van der Waals surface area contributed by atoms with E-state index in [-0.39, 0.29) is 10.8 Å². The molecule has 1 aliphatic carbocycles. The van der Waals surface area contributed by atoms with Crippen molar-refractivity contribution in [2.75, 3.05) is 0 Å². The van der Waals surface area contributed by atoms with Crippen LogP contribution in [0.2, 0.25) is 0 Å². The van der Waals surface area contributed by atoms with Gasteiger partial charge in [-0.1, -0.05) is 104 Å². The van der Waals surface area contributed by atoms with Gasteiger partial charge >= 0.3 is 0 Å². The Morgan fingerprint density at radius 2 is 1.48 bits per heavy atom. The van der Waals surface area contributed by atoms with Gasteiger partial charge < -0.3 is 4.57 Å². The van der Waals surface area contributed by atoms with Crippen LogP contribution in [0.15, 0.2) is 97.3 Å². The van der Waals surface area contributed by atoms with E-state index < -0.39 is 0 Å². The molecule has 260 valence electrons. The monoisotopic (exact) mass is 662 g/mol. The highest BCUT2D eigenvalue weighted by molar-refractivity contribution is 5.84. The first-order chi connectivity index (χ1) is 23.5. The minimum Gasteiger partial charge on any atom is -0.351 e. The number of aromatic nitrogens is 2. The summed E-state index contributed by atoms with van der Waals surface area (Å²) in [7, 11) is 2.13. The molecule has 5 rings (SSSR count). The normalized spacial score (nSPS) is 15.4. The maximum Gasteiger partial charge on any atom is 0.0738 e. The lowest BCUT2D eigenvalue weighted by atomic mass is 9.81. The second-order valence-corrected chi connectivity index (χ2v) is 16.2. The third-order valence-electron chi connectivity index (χ3n) is 10.5. The van der Waals surface area contributed by atoms with Gasteiger partial charge in [-0.05, 0) is 149 Å². The van der Waals surface area contributed by atoms with E-state index in [0.29, 0.717) is 0 Å². The number of allylic oxidation sites excluding steroid dienone is 9. The molecule has 0 saturated carbocycles. The van der Waals surface area contributed by atoms with E-state index in [0.717, 1.165) is 36.2 Å². The Kier molecular flexibility index (Phi) is 10.6. The van der Waals surface area contributed by atoms with Gasteiger partial charge in [-0.3, -0.25) is 0 Å². The Bertz CT molecular complexity index is 2050. The Balaban J connectivity index is 1.57. The average Bonchev–Trinajstić information content (AvgIpc) is 3.50. The van der Waals surface area contributed by atoms with Gasteiger partial charge in [-0.25, -0.2) is 4.98 Å². The summed E-state index contributed by atoms with van der Waals surface area (Å²) in [5.41, 5.74) is 20.0. The van der Waals surface area contributed by atoms with Crippen molar-refractivity contribution in [1.29, 1.82) is 0 Å². The predicted molar refractivity (Wildman–Crippen MR) is 220 cm³/mol. The average molecular weight is 663 g/mol. The number of aryl methyl sites for hydroxylation is 2. The summed E-state index contributed by atoms with van der Waals surface area (Å²) in [6.07, 6.45) is 16.0. The lowest BCUT2D eigenvalue weighted by Crippen LogP contribution is -2.13. The number of benzene rings is 2. The molecule has 1 aliphatic rings. The van der Waals surface area contributed by atoms with Gasteiger partial charge in [-0.2, -0.15) is 0 Å². The molecule has 0 atom stereocenters. The van der Waals surface area contributed by atoms with Crippen LogP contribution in [0.1, 0.15) is 120 Å². The summed E-state index contributed by atoms with van der Waals surface area (Å²) in [4.78, 5) is 5.41. The first-order valence-corrected chi connectivity index (χ1v) is 18.4. The van der Waals surface area contributed by atoms with E-state index in [1.807, 2.05) is 0 Å². The number of pyridine rings is 1. The molecule has 0 saturated heterocycles. The van der Waals surface area contributed by atoms with Crippen LogP contribution >= 0.6 is 0 Å². The van der Waals surface area contributed by atoms with Crippen molar-refractivity contribution in [1.82, 2.24) is 9.55 Å². The van der Waals surface area contributed by atoms with Gasteiger partial charge in [0.05, 0.1) is 11.4 Å². The first kappa shape index (κ1) is 36.8. The SMILES string of the molecule is C=C1/C(=C\C=C(/C)c2cc(C(C)(C)C)cc(/C(C)=C/C=C\C)c2C)CCc2ccc(-c3cc(C(C)(C)C)cc(-c4cccn4C)c3CC)nc21. The van der Waals surface area contributed by atoms with Crippen molar-refractivity contribution >= 4 is 16.7 Å². The summed E-state index contributed by atoms with van der Waals surface area (Å²) in [5, 5.41) is 0. The van der Waals surface area contributed by atoms with Crippen LogP contribution in [-0.2, 0) is 30.7 Å². The summed E-state index contributed by atoms with van der Waals surface area (Å²) in [6.45, 7) is 29.5. The maximum absolute atomic E-state index is 5.41. The second-order valence-electron chi connectivity index (χ2n) is 16.2. The van der Waals surface area contributed by atoms with Crippen molar-refractivity contribution in [3.63, 3.8) is 0 Å². The van der Waals surface area contributed by atoms with Crippen LogP contribution in [0.25, 0.3) is 39.2 Å². The largest absolute Gasteiger partial charge is 0.351 e.